The van der Waals surface area contributed by atoms with E-state index in [9.17, 15) is 15.0 Å². The van der Waals surface area contributed by atoms with Crippen molar-refractivity contribution >= 4 is 5.91 Å². The average Bonchev–Trinajstić information content (AvgIpc) is 2.65. The predicted octanol–water partition coefficient (Wildman–Crippen LogP) is 1.90. The molecule has 0 radical (unpaired) electrons. The first-order valence-electron chi connectivity index (χ1n) is 8.62. The maximum atomic E-state index is 11.9. The van der Waals surface area contributed by atoms with Crippen LogP contribution in [0.1, 0.15) is 37.2 Å². The van der Waals surface area contributed by atoms with E-state index in [0.29, 0.717) is 12.3 Å². The molecule has 0 aromatic heterocycles. The van der Waals surface area contributed by atoms with E-state index in [1.807, 2.05) is 30.3 Å². The first kappa shape index (κ1) is 19.9. The number of benzene rings is 2. The zero-order chi connectivity index (χ0) is 18.9. The lowest BCUT2D eigenvalue weighted by Crippen LogP contribution is -2.46. The summed E-state index contributed by atoms with van der Waals surface area (Å²) in [7, 11) is 0. The Hall–Kier alpha value is -2.41. The normalized spacial score (nSPS) is 14.3. The molecule has 0 fully saturated rings. The van der Waals surface area contributed by atoms with Gasteiger partial charge < -0.3 is 20.3 Å². The molecule has 2 rings (SSSR count). The highest BCUT2D eigenvalue weighted by molar-refractivity contribution is 5.77. The molecule has 26 heavy (non-hydrogen) atoms. The largest absolute Gasteiger partial charge is 0.484 e. The maximum Gasteiger partial charge on any atom is 0.259 e. The molecule has 0 spiro atoms. The van der Waals surface area contributed by atoms with E-state index in [1.54, 1.807) is 38.1 Å². The van der Waals surface area contributed by atoms with Crippen molar-refractivity contribution in [2.45, 2.75) is 32.2 Å². The van der Waals surface area contributed by atoms with Crippen molar-refractivity contribution in [1.82, 2.24) is 10.6 Å². The van der Waals surface area contributed by atoms with Crippen LogP contribution < -0.4 is 15.4 Å². The predicted molar refractivity (Wildman–Crippen MR) is 99.6 cm³/mol. The Kier molecular flexibility index (Phi) is 7.59. The molecule has 2 aromatic carbocycles. The van der Waals surface area contributed by atoms with E-state index in [0.717, 1.165) is 11.1 Å². The smallest absolute Gasteiger partial charge is 0.259 e. The summed E-state index contributed by atoms with van der Waals surface area (Å²) in [5.74, 6) is 0.295. The van der Waals surface area contributed by atoms with Gasteiger partial charge in [0.2, 0.25) is 0 Å². The fourth-order valence-corrected chi connectivity index (χ4v) is 2.41. The van der Waals surface area contributed by atoms with Gasteiger partial charge in [-0.25, -0.2) is 0 Å². The second kappa shape index (κ2) is 9.91. The van der Waals surface area contributed by atoms with Gasteiger partial charge in [-0.3, -0.25) is 10.1 Å². The number of aliphatic hydroxyl groups is 2. The minimum Gasteiger partial charge on any atom is -0.484 e. The van der Waals surface area contributed by atoms with Gasteiger partial charge in [-0.15, -0.1) is 0 Å². The van der Waals surface area contributed by atoms with Gasteiger partial charge in [0, 0.05) is 6.54 Å². The van der Waals surface area contributed by atoms with Gasteiger partial charge in [-0.1, -0.05) is 42.5 Å². The van der Waals surface area contributed by atoms with Crippen molar-refractivity contribution in [2.75, 3.05) is 13.2 Å². The summed E-state index contributed by atoms with van der Waals surface area (Å²) in [6.45, 7) is 3.70. The summed E-state index contributed by atoms with van der Waals surface area (Å²) >= 11 is 0. The number of amides is 1. The van der Waals surface area contributed by atoms with Crippen LogP contribution in [-0.2, 0) is 4.79 Å². The molecule has 6 nitrogen and oxygen atoms in total. The van der Waals surface area contributed by atoms with Crippen LogP contribution in [0.3, 0.4) is 0 Å². The molecule has 2 aromatic rings. The minimum atomic E-state index is -0.640. The van der Waals surface area contributed by atoms with Crippen LogP contribution in [0.2, 0.25) is 0 Å². The zero-order valence-corrected chi connectivity index (χ0v) is 15.1. The Morgan fingerprint density at radius 3 is 2.27 bits per heavy atom. The van der Waals surface area contributed by atoms with E-state index in [4.69, 9.17) is 4.74 Å². The van der Waals surface area contributed by atoms with E-state index >= 15 is 0 Å². The maximum absolute atomic E-state index is 11.9. The number of ether oxygens (including phenoxy) is 1. The Bertz CT molecular complexity index is 674. The molecular formula is C20H26N2O4. The highest BCUT2D eigenvalue weighted by Crippen LogP contribution is 2.17. The summed E-state index contributed by atoms with van der Waals surface area (Å²) in [4.78, 5) is 11.9. The summed E-state index contributed by atoms with van der Waals surface area (Å²) in [6, 6.07) is 16.3. The van der Waals surface area contributed by atoms with E-state index in [1.165, 1.54) is 0 Å². The van der Waals surface area contributed by atoms with Gasteiger partial charge >= 0.3 is 0 Å². The first-order chi connectivity index (χ1) is 12.5. The van der Waals surface area contributed by atoms with Crippen molar-refractivity contribution in [3.05, 3.63) is 65.7 Å². The van der Waals surface area contributed by atoms with Gasteiger partial charge in [0.25, 0.3) is 5.91 Å². The Balaban J connectivity index is 1.70. The topological polar surface area (TPSA) is 90.8 Å². The van der Waals surface area contributed by atoms with Crippen LogP contribution in [0.25, 0.3) is 0 Å². The first-order valence-corrected chi connectivity index (χ1v) is 8.62. The lowest BCUT2D eigenvalue weighted by molar-refractivity contribution is -0.123. The molecule has 6 heteroatoms. The fourth-order valence-electron chi connectivity index (χ4n) is 2.41. The van der Waals surface area contributed by atoms with Crippen molar-refractivity contribution in [1.29, 1.82) is 0 Å². The lowest BCUT2D eigenvalue weighted by Gasteiger charge is -2.19. The van der Waals surface area contributed by atoms with Gasteiger partial charge in [-0.2, -0.15) is 0 Å². The van der Waals surface area contributed by atoms with Gasteiger partial charge in [0.1, 0.15) is 5.75 Å². The van der Waals surface area contributed by atoms with E-state index in [-0.39, 0.29) is 18.7 Å². The molecule has 1 amide bonds. The van der Waals surface area contributed by atoms with Crippen molar-refractivity contribution in [3.63, 3.8) is 0 Å². The van der Waals surface area contributed by atoms with Crippen molar-refractivity contribution in [3.8, 4) is 5.75 Å². The number of carbonyl (C=O) groups is 1. The Morgan fingerprint density at radius 2 is 1.65 bits per heavy atom. The summed E-state index contributed by atoms with van der Waals surface area (Å²) < 4.78 is 5.43. The van der Waals surface area contributed by atoms with Crippen LogP contribution in [0, 0.1) is 0 Å². The molecule has 0 aliphatic carbocycles. The number of hydrogen-bond acceptors (Lipinski definition) is 5. The van der Waals surface area contributed by atoms with Gasteiger partial charge in [0.05, 0.1) is 18.4 Å². The highest BCUT2D eigenvalue weighted by Gasteiger charge is 2.11. The second-order valence-corrected chi connectivity index (χ2v) is 6.16. The third-order valence-corrected chi connectivity index (χ3v) is 3.91. The zero-order valence-electron chi connectivity index (χ0n) is 15.1. The van der Waals surface area contributed by atoms with Crippen LogP contribution >= 0.6 is 0 Å². The minimum absolute atomic E-state index is 0.110. The van der Waals surface area contributed by atoms with Crippen LogP contribution in [0.4, 0.5) is 0 Å². The molecule has 140 valence electrons. The monoisotopic (exact) mass is 358 g/mol. The Labute approximate surface area is 153 Å². The molecule has 3 unspecified atom stereocenters. The molecule has 3 atom stereocenters. The number of hydrogen-bond donors (Lipinski definition) is 4. The Morgan fingerprint density at radius 1 is 1.00 bits per heavy atom. The highest BCUT2D eigenvalue weighted by atomic mass is 16.5. The molecule has 4 N–H and O–H groups in total. The SMILES string of the molecule is CC(NCC(O)c1ccccc1)NC(=O)COc1ccc(C(C)O)cc1. The number of aliphatic hydroxyl groups excluding tert-OH is 2. The molecule has 0 saturated carbocycles. The molecule has 0 aliphatic heterocycles. The molecule has 0 heterocycles. The fraction of sp³-hybridized carbons (Fsp3) is 0.350. The third-order valence-electron chi connectivity index (χ3n) is 3.91. The molecule has 0 bridgehead atoms. The number of nitrogens with one attached hydrogen (secondary N) is 2. The summed E-state index contributed by atoms with van der Waals surface area (Å²) in [5, 5.41) is 25.4. The number of carbonyl (C=O) groups excluding carboxylic acids is 1. The standard InChI is InChI=1S/C20H26N2O4/c1-14(23)16-8-10-18(11-9-16)26-13-20(25)22-15(2)21-12-19(24)17-6-4-3-5-7-17/h3-11,14-15,19,21,23-24H,12-13H2,1-2H3,(H,22,25). The van der Waals surface area contributed by atoms with Crippen LogP contribution in [0.5, 0.6) is 5.75 Å². The van der Waals surface area contributed by atoms with Gasteiger partial charge in [-0.05, 0) is 37.1 Å². The molecule has 0 saturated heterocycles. The summed E-state index contributed by atoms with van der Waals surface area (Å²) in [5.41, 5.74) is 1.61. The lowest BCUT2D eigenvalue weighted by atomic mass is 10.1. The third kappa shape index (κ3) is 6.48. The second-order valence-electron chi connectivity index (χ2n) is 6.16. The van der Waals surface area contributed by atoms with Crippen LogP contribution in [0.15, 0.2) is 54.6 Å². The molecule has 0 aliphatic rings. The van der Waals surface area contributed by atoms with Gasteiger partial charge in [0.15, 0.2) is 6.61 Å². The van der Waals surface area contributed by atoms with Crippen LogP contribution in [-0.4, -0.2) is 35.4 Å². The van der Waals surface area contributed by atoms with Crippen molar-refractivity contribution in [2.24, 2.45) is 0 Å². The number of rotatable bonds is 9. The van der Waals surface area contributed by atoms with E-state index < -0.39 is 12.2 Å². The summed E-state index contributed by atoms with van der Waals surface area (Å²) in [6.07, 6.45) is -1.48. The average molecular weight is 358 g/mol. The quantitative estimate of drug-likeness (QED) is 0.514. The molecular weight excluding hydrogens is 332 g/mol. The van der Waals surface area contributed by atoms with Crippen molar-refractivity contribution < 1.29 is 19.7 Å². The van der Waals surface area contributed by atoms with E-state index in [2.05, 4.69) is 10.6 Å².